The van der Waals surface area contributed by atoms with Gasteiger partial charge in [0.2, 0.25) is 5.91 Å². The number of carbonyl (C=O) groups is 3. The number of piperazine rings is 1. The summed E-state index contributed by atoms with van der Waals surface area (Å²) in [6.45, 7) is 4.28. The van der Waals surface area contributed by atoms with Crippen molar-refractivity contribution in [2.75, 3.05) is 18.0 Å². The van der Waals surface area contributed by atoms with Crippen LogP contribution in [-0.2, 0) is 11.2 Å². The van der Waals surface area contributed by atoms with E-state index in [9.17, 15) is 14.4 Å². The Bertz CT molecular complexity index is 916. The van der Waals surface area contributed by atoms with Gasteiger partial charge in [0.15, 0.2) is 5.78 Å². The van der Waals surface area contributed by atoms with E-state index in [2.05, 4.69) is 0 Å². The minimum Gasteiger partial charge on any atom is -0.465 e. The summed E-state index contributed by atoms with van der Waals surface area (Å²) in [6.07, 6.45) is 1.85. The Kier molecular flexibility index (Phi) is 4.34. The van der Waals surface area contributed by atoms with Crippen molar-refractivity contribution in [3.05, 3.63) is 53.0 Å². The maximum atomic E-state index is 13.2. The highest BCUT2D eigenvalue weighted by Crippen LogP contribution is 2.31. The second-order valence-electron chi connectivity index (χ2n) is 7.11. The van der Waals surface area contributed by atoms with E-state index in [0.29, 0.717) is 48.6 Å². The number of amides is 2. The monoisotopic (exact) mass is 366 g/mol. The molecule has 1 aliphatic heterocycles. The SMILES string of the molecule is Cc1oc2c(c1C(=O)N1CCN(c3ccccc3)C(=O)[C@H]1C)C(=O)CCC2. The third-order valence-electron chi connectivity index (χ3n) is 5.44. The lowest BCUT2D eigenvalue weighted by Crippen LogP contribution is -2.58. The normalized spacial score (nSPS) is 20.0. The molecule has 1 aromatic heterocycles. The van der Waals surface area contributed by atoms with Crippen molar-refractivity contribution < 1.29 is 18.8 Å². The number of fused-ring (bicyclic) bond motifs is 1. The van der Waals surface area contributed by atoms with Gasteiger partial charge in [0, 0.05) is 31.6 Å². The van der Waals surface area contributed by atoms with E-state index in [0.717, 1.165) is 12.1 Å². The van der Waals surface area contributed by atoms with E-state index in [1.165, 1.54) is 0 Å². The van der Waals surface area contributed by atoms with Gasteiger partial charge in [-0.3, -0.25) is 14.4 Å². The fourth-order valence-electron chi connectivity index (χ4n) is 4.02. The molecule has 0 spiro atoms. The fraction of sp³-hybridized carbons (Fsp3) is 0.381. The van der Waals surface area contributed by atoms with Gasteiger partial charge in [-0.2, -0.15) is 0 Å². The van der Waals surface area contributed by atoms with Gasteiger partial charge in [-0.25, -0.2) is 0 Å². The molecule has 1 fully saturated rings. The number of furan rings is 1. The van der Waals surface area contributed by atoms with E-state index in [1.807, 2.05) is 30.3 Å². The number of aryl methyl sites for hydroxylation is 2. The largest absolute Gasteiger partial charge is 0.465 e. The van der Waals surface area contributed by atoms with Crippen LogP contribution in [0.4, 0.5) is 5.69 Å². The molecule has 0 unspecified atom stereocenters. The lowest BCUT2D eigenvalue weighted by atomic mass is 9.92. The van der Waals surface area contributed by atoms with Crippen LogP contribution < -0.4 is 4.90 Å². The Morgan fingerprint density at radius 1 is 1.11 bits per heavy atom. The van der Waals surface area contributed by atoms with Crippen LogP contribution in [0.25, 0.3) is 0 Å². The van der Waals surface area contributed by atoms with Crippen LogP contribution in [0.5, 0.6) is 0 Å². The molecular weight excluding hydrogens is 344 g/mol. The standard InChI is InChI=1S/C21H22N2O4/c1-13-20(25)23(15-7-4-3-5-8-15)12-11-22(13)21(26)18-14(2)27-17-10-6-9-16(24)19(17)18/h3-5,7-8,13H,6,9-12H2,1-2H3/t13-/m1/s1. The molecular formula is C21H22N2O4. The summed E-state index contributed by atoms with van der Waals surface area (Å²) in [5.41, 5.74) is 1.59. The maximum absolute atomic E-state index is 13.2. The average molecular weight is 366 g/mol. The summed E-state index contributed by atoms with van der Waals surface area (Å²) in [5.74, 6) is 0.612. The number of ketones is 1. The summed E-state index contributed by atoms with van der Waals surface area (Å²) < 4.78 is 5.71. The van der Waals surface area contributed by atoms with E-state index in [1.54, 1.807) is 23.6 Å². The third kappa shape index (κ3) is 2.85. The van der Waals surface area contributed by atoms with Crippen molar-refractivity contribution >= 4 is 23.3 Å². The highest BCUT2D eigenvalue weighted by atomic mass is 16.3. The minimum atomic E-state index is -0.602. The zero-order chi connectivity index (χ0) is 19.1. The molecule has 1 saturated heterocycles. The average Bonchev–Trinajstić information content (AvgIpc) is 3.01. The highest BCUT2D eigenvalue weighted by molar-refractivity contribution is 6.11. The Balaban J connectivity index is 1.62. The molecule has 27 heavy (non-hydrogen) atoms. The number of rotatable bonds is 2. The first-order chi connectivity index (χ1) is 13.0. The molecule has 1 aromatic carbocycles. The predicted molar refractivity (Wildman–Crippen MR) is 100 cm³/mol. The number of anilines is 1. The van der Waals surface area contributed by atoms with Gasteiger partial charge < -0.3 is 14.2 Å². The van der Waals surface area contributed by atoms with Crippen molar-refractivity contribution in [2.45, 2.75) is 39.2 Å². The molecule has 2 amide bonds. The second kappa shape index (κ2) is 6.68. The van der Waals surface area contributed by atoms with Crippen LogP contribution in [0.2, 0.25) is 0 Å². The van der Waals surface area contributed by atoms with Crippen molar-refractivity contribution in [3.8, 4) is 0 Å². The quantitative estimate of drug-likeness (QED) is 0.819. The Morgan fingerprint density at radius 3 is 2.59 bits per heavy atom. The summed E-state index contributed by atoms with van der Waals surface area (Å²) in [6, 6.07) is 8.85. The molecule has 140 valence electrons. The smallest absolute Gasteiger partial charge is 0.258 e. The summed E-state index contributed by atoms with van der Waals surface area (Å²) in [5, 5.41) is 0. The topological polar surface area (TPSA) is 70.8 Å². The number of hydrogen-bond acceptors (Lipinski definition) is 4. The molecule has 2 aromatic rings. The first kappa shape index (κ1) is 17.5. The molecule has 6 nitrogen and oxygen atoms in total. The molecule has 0 radical (unpaired) electrons. The van der Waals surface area contributed by atoms with Gasteiger partial charge >= 0.3 is 0 Å². The van der Waals surface area contributed by atoms with Gasteiger partial charge in [0.1, 0.15) is 17.6 Å². The first-order valence-electron chi connectivity index (χ1n) is 9.32. The van der Waals surface area contributed by atoms with Crippen molar-refractivity contribution in [2.24, 2.45) is 0 Å². The van der Waals surface area contributed by atoms with Gasteiger partial charge in [0.25, 0.3) is 5.91 Å². The van der Waals surface area contributed by atoms with E-state index in [-0.39, 0.29) is 17.6 Å². The summed E-state index contributed by atoms with van der Waals surface area (Å²) in [7, 11) is 0. The molecule has 2 aliphatic rings. The molecule has 1 aliphatic carbocycles. The molecule has 1 atom stereocenters. The number of benzene rings is 1. The zero-order valence-electron chi connectivity index (χ0n) is 15.5. The van der Waals surface area contributed by atoms with Gasteiger partial charge in [0.05, 0.1) is 11.1 Å². The molecule has 2 heterocycles. The van der Waals surface area contributed by atoms with Crippen LogP contribution in [0, 0.1) is 6.92 Å². The number of para-hydroxylation sites is 1. The molecule has 0 N–H and O–H groups in total. The third-order valence-corrected chi connectivity index (χ3v) is 5.44. The second-order valence-corrected chi connectivity index (χ2v) is 7.11. The van der Waals surface area contributed by atoms with Crippen LogP contribution >= 0.6 is 0 Å². The molecule has 0 bridgehead atoms. The van der Waals surface area contributed by atoms with E-state index in [4.69, 9.17) is 4.42 Å². The van der Waals surface area contributed by atoms with E-state index < -0.39 is 6.04 Å². The van der Waals surface area contributed by atoms with Crippen molar-refractivity contribution in [3.63, 3.8) is 0 Å². The number of carbonyl (C=O) groups excluding carboxylic acids is 3. The summed E-state index contributed by atoms with van der Waals surface area (Å²) >= 11 is 0. The Labute approximate surface area is 157 Å². The number of hydrogen-bond donors (Lipinski definition) is 0. The number of nitrogens with zero attached hydrogens (tertiary/aromatic N) is 2. The lowest BCUT2D eigenvalue weighted by Gasteiger charge is -2.39. The van der Waals surface area contributed by atoms with Gasteiger partial charge in [-0.1, -0.05) is 18.2 Å². The minimum absolute atomic E-state index is 0.0432. The van der Waals surface area contributed by atoms with Crippen molar-refractivity contribution in [1.29, 1.82) is 0 Å². The molecule has 0 saturated carbocycles. The first-order valence-corrected chi connectivity index (χ1v) is 9.32. The van der Waals surface area contributed by atoms with Gasteiger partial charge in [-0.05, 0) is 32.4 Å². The van der Waals surface area contributed by atoms with E-state index >= 15 is 0 Å². The summed E-state index contributed by atoms with van der Waals surface area (Å²) in [4.78, 5) is 41.8. The van der Waals surface area contributed by atoms with Crippen LogP contribution in [0.3, 0.4) is 0 Å². The Hall–Kier alpha value is -2.89. The van der Waals surface area contributed by atoms with Crippen LogP contribution in [0.1, 0.15) is 52.0 Å². The number of Topliss-reactive ketones (excluding diaryl/α,β-unsaturated/α-hetero) is 1. The Morgan fingerprint density at radius 2 is 1.85 bits per heavy atom. The lowest BCUT2D eigenvalue weighted by molar-refractivity contribution is -0.124. The van der Waals surface area contributed by atoms with Crippen LogP contribution in [0.15, 0.2) is 34.7 Å². The predicted octanol–water partition coefficient (Wildman–Crippen LogP) is 2.98. The fourth-order valence-corrected chi connectivity index (χ4v) is 4.02. The molecule has 4 rings (SSSR count). The maximum Gasteiger partial charge on any atom is 0.258 e. The van der Waals surface area contributed by atoms with Gasteiger partial charge in [-0.15, -0.1) is 0 Å². The highest BCUT2D eigenvalue weighted by Gasteiger charge is 2.39. The van der Waals surface area contributed by atoms with Crippen LogP contribution in [-0.4, -0.2) is 41.6 Å². The van der Waals surface area contributed by atoms with Crippen molar-refractivity contribution in [1.82, 2.24) is 4.90 Å². The molecule has 6 heteroatoms. The zero-order valence-corrected chi connectivity index (χ0v) is 15.5.